The Hall–Kier alpha value is -0.160. The second-order valence-electron chi connectivity index (χ2n) is 5.07. The molecule has 0 atom stereocenters. The van der Waals surface area contributed by atoms with Crippen molar-refractivity contribution >= 4 is 0 Å². The molecule has 0 bridgehead atoms. The Bertz CT molecular complexity index is 154. The molecule has 18 heavy (non-hydrogen) atoms. The minimum Gasteiger partial charge on any atom is -0.368 e. The molecule has 0 amide bonds. The highest BCUT2D eigenvalue weighted by atomic mass is 16.5. The van der Waals surface area contributed by atoms with Crippen molar-refractivity contribution in [1.82, 2.24) is 5.48 Å². The lowest BCUT2D eigenvalue weighted by Crippen LogP contribution is -2.07. The summed E-state index contributed by atoms with van der Waals surface area (Å²) in [5.74, 6) is 0. The average molecular weight is 261 g/mol. The Morgan fingerprint density at radius 3 is 1.39 bits per heavy atom. The molecule has 0 heterocycles. The van der Waals surface area contributed by atoms with Gasteiger partial charge in [-0.05, 0) is 19.3 Å². The predicted molar refractivity (Wildman–Crippen MR) is 73.4 cm³/mol. The maximum atomic E-state index is 8.67. The monoisotopic (exact) mass is 261 g/mol. The molecule has 0 rings (SSSR count). The Morgan fingerprint density at radius 1 is 0.611 bits per heavy atom. The molecule has 110 valence electrons. The van der Waals surface area contributed by atoms with Gasteiger partial charge in [-0.2, -0.15) is 0 Å². The smallest absolute Gasteiger partial charge is 0.151 e. The predicted octanol–water partition coefficient (Wildman–Crippen LogP) is 2.96. The summed E-state index contributed by atoms with van der Waals surface area (Å²) < 4.78 is 0. The third-order valence-corrected chi connectivity index (χ3v) is 3.25. The number of nitrogens with one attached hydrogen (secondary N) is 1. The van der Waals surface area contributed by atoms with Crippen molar-refractivity contribution in [2.45, 2.75) is 83.3 Å². The molecule has 0 saturated heterocycles. The first-order chi connectivity index (χ1) is 8.77. The van der Waals surface area contributed by atoms with Crippen molar-refractivity contribution < 1.29 is 15.4 Å². The van der Waals surface area contributed by atoms with E-state index in [2.05, 4.69) is 5.48 Å². The molecule has 0 aromatic carbocycles. The van der Waals surface area contributed by atoms with E-state index in [1.54, 1.807) is 0 Å². The number of aliphatic hydroxyl groups excluding tert-OH is 1. The molecule has 0 unspecified atom stereocenters. The Morgan fingerprint density at radius 2 is 1.00 bits per heavy atom. The highest BCUT2D eigenvalue weighted by Crippen LogP contribution is 2.12. The van der Waals surface area contributed by atoms with Gasteiger partial charge in [0.2, 0.25) is 0 Å². The number of hydrogen-bond donors (Lipinski definition) is 4. The van der Waals surface area contributed by atoms with Crippen LogP contribution in [0.4, 0.5) is 0 Å². The van der Waals surface area contributed by atoms with Gasteiger partial charge in [-0.1, -0.05) is 57.8 Å². The zero-order valence-corrected chi connectivity index (χ0v) is 11.6. The molecule has 0 radical (unpaired) electrons. The third kappa shape index (κ3) is 15.8. The topological polar surface area (TPSA) is 72.7 Å². The van der Waals surface area contributed by atoms with Crippen molar-refractivity contribution in [2.75, 3.05) is 6.54 Å². The maximum Gasteiger partial charge on any atom is 0.151 e. The summed E-state index contributed by atoms with van der Waals surface area (Å²) in [5, 5.41) is 25.7. The van der Waals surface area contributed by atoms with Gasteiger partial charge in [0.25, 0.3) is 0 Å². The summed E-state index contributed by atoms with van der Waals surface area (Å²) >= 11 is 0. The highest BCUT2D eigenvalue weighted by Gasteiger charge is 1.97. The second kappa shape index (κ2) is 14.9. The SMILES string of the molecule is ONCCCCCCCCCCCCCC(O)O. The van der Waals surface area contributed by atoms with E-state index in [1.807, 2.05) is 0 Å². The number of aliphatic hydroxyl groups is 2. The van der Waals surface area contributed by atoms with Crippen LogP contribution >= 0.6 is 0 Å². The lowest BCUT2D eigenvalue weighted by molar-refractivity contribution is -0.0466. The van der Waals surface area contributed by atoms with Gasteiger partial charge in [-0.15, -0.1) is 0 Å². The van der Waals surface area contributed by atoms with Crippen LogP contribution < -0.4 is 5.48 Å². The Labute approximate surface area is 111 Å². The molecule has 4 N–H and O–H groups in total. The number of hydrogen-bond acceptors (Lipinski definition) is 4. The van der Waals surface area contributed by atoms with Crippen molar-refractivity contribution in [3.8, 4) is 0 Å². The molecule has 0 fully saturated rings. The summed E-state index contributed by atoms with van der Waals surface area (Å²) in [5.41, 5.74) is 2.18. The third-order valence-electron chi connectivity index (χ3n) is 3.25. The van der Waals surface area contributed by atoms with E-state index in [9.17, 15) is 0 Å². The first-order valence-corrected chi connectivity index (χ1v) is 7.50. The second-order valence-corrected chi connectivity index (χ2v) is 5.07. The van der Waals surface area contributed by atoms with Crippen molar-refractivity contribution in [3.63, 3.8) is 0 Å². The number of hydroxylamine groups is 1. The first kappa shape index (κ1) is 17.8. The van der Waals surface area contributed by atoms with Crippen LogP contribution in [-0.4, -0.2) is 28.3 Å². The summed E-state index contributed by atoms with van der Waals surface area (Å²) in [6.45, 7) is 0.711. The fourth-order valence-electron chi connectivity index (χ4n) is 2.12. The quantitative estimate of drug-likeness (QED) is 0.220. The lowest BCUT2D eigenvalue weighted by Gasteiger charge is -2.04. The normalized spacial score (nSPS) is 11.3. The van der Waals surface area contributed by atoms with Crippen LogP contribution in [0.1, 0.15) is 77.0 Å². The van der Waals surface area contributed by atoms with Gasteiger partial charge in [0.1, 0.15) is 0 Å². The average Bonchev–Trinajstić information content (AvgIpc) is 2.34. The highest BCUT2D eigenvalue weighted by molar-refractivity contribution is 4.49. The van der Waals surface area contributed by atoms with Crippen molar-refractivity contribution in [1.29, 1.82) is 0 Å². The zero-order chi connectivity index (χ0) is 13.5. The first-order valence-electron chi connectivity index (χ1n) is 7.50. The standard InChI is InChI=1S/C14H31NO3/c16-14(17)12-10-8-6-4-2-1-3-5-7-9-11-13-15-18/h14-18H,1-13H2. The summed E-state index contributed by atoms with van der Waals surface area (Å²) in [7, 11) is 0. The molecule has 0 aliphatic rings. The van der Waals surface area contributed by atoms with Gasteiger partial charge in [0.15, 0.2) is 6.29 Å². The molecule has 0 aliphatic heterocycles. The summed E-state index contributed by atoms with van der Waals surface area (Å²) in [6, 6.07) is 0. The van der Waals surface area contributed by atoms with Crippen LogP contribution in [-0.2, 0) is 0 Å². The van der Waals surface area contributed by atoms with Crippen molar-refractivity contribution in [3.05, 3.63) is 0 Å². The largest absolute Gasteiger partial charge is 0.368 e. The van der Waals surface area contributed by atoms with E-state index < -0.39 is 6.29 Å². The minimum absolute atomic E-state index is 0.517. The number of rotatable bonds is 14. The van der Waals surface area contributed by atoms with E-state index in [0.29, 0.717) is 13.0 Å². The molecule has 0 aliphatic carbocycles. The molecule has 0 aromatic rings. The lowest BCUT2D eigenvalue weighted by atomic mass is 10.1. The zero-order valence-electron chi connectivity index (χ0n) is 11.6. The summed E-state index contributed by atoms with van der Waals surface area (Å²) in [4.78, 5) is 0. The van der Waals surface area contributed by atoms with Crippen LogP contribution in [0.15, 0.2) is 0 Å². The maximum absolute atomic E-state index is 8.67. The van der Waals surface area contributed by atoms with E-state index in [1.165, 1.54) is 51.4 Å². The summed E-state index contributed by atoms with van der Waals surface area (Å²) in [6.07, 6.45) is 12.7. The van der Waals surface area contributed by atoms with E-state index >= 15 is 0 Å². The van der Waals surface area contributed by atoms with Crippen LogP contribution in [0.2, 0.25) is 0 Å². The molecule has 0 saturated carbocycles. The molecule has 0 aromatic heterocycles. The molecular weight excluding hydrogens is 230 g/mol. The molecular formula is C14H31NO3. The van der Waals surface area contributed by atoms with Gasteiger partial charge in [0, 0.05) is 6.54 Å². The van der Waals surface area contributed by atoms with E-state index in [4.69, 9.17) is 15.4 Å². The fraction of sp³-hybridized carbons (Fsp3) is 1.00. The molecule has 4 heteroatoms. The van der Waals surface area contributed by atoms with Crippen LogP contribution in [0.3, 0.4) is 0 Å². The fourth-order valence-corrected chi connectivity index (χ4v) is 2.12. The van der Waals surface area contributed by atoms with Gasteiger partial charge in [-0.25, -0.2) is 5.48 Å². The Balaban J connectivity index is 2.90. The van der Waals surface area contributed by atoms with Gasteiger partial charge >= 0.3 is 0 Å². The molecule has 4 nitrogen and oxygen atoms in total. The van der Waals surface area contributed by atoms with E-state index in [0.717, 1.165) is 19.3 Å². The van der Waals surface area contributed by atoms with E-state index in [-0.39, 0.29) is 0 Å². The van der Waals surface area contributed by atoms with Crippen molar-refractivity contribution in [2.24, 2.45) is 0 Å². The minimum atomic E-state index is -1.12. The van der Waals surface area contributed by atoms with Gasteiger partial charge in [0.05, 0.1) is 0 Å². The van der Waals surface area contributed by atoms with Crippen LogP contribution in [0.5, 0.6) is 0 Å². The molecule has 0 spiro atoms. The number of unbranched alkanes of at least 4 members (excludes halogenated alkanes) is 10. The van der Waals surface area contributed by atoms with Gasteiger partial charge in [-0.3, -0.25) is 0 Å². The Kier molecular flexibility index (Phi) is 14.8. The van der Waals surface area contributed by atoms with Crippen LogP contribution in [0.25, 0.3) is 0 Å². The van der Waals surface area contributed by atoms with Gasteiger partial charge < -0.3 is 15.4 Å². The van der Waals surface area contributed by atoms with Crippen LogP contribution in [0, 0.1) is 0 Å².